The molecule has 9 heteroatoms. The van der Waals surface area contributed by atoms with Gasteiger partial charge in [0.1, 0.15) is 35.8 Å². The van der Waals surface area contributed by atoms with Gasteiger partial charge in [-0.15, -0.1) is 0 Å². The topological polar surface area (TPSA) is 96.5 Å². The summed E-state index contributed by atoms with van der Waals surface area (Å²) >= 11 is 0. The van der Waals surface area contributed by atoms with E-state index < -0.39 is 0 Å². The molecule has 1 aliphatic heterocycles. The number of aromatic nitrogens is 4. The molecule has 0 radical (unpaired) electrons. The van der Waals surface area contributed by atoms with E-state index in [4.69, 9.17) is 9.47 Å². The van der Waals surface area contributed by atoms with Crippen LogP contribution in [-0.2, 0) is 11.3 Å². The fourth-order valence-corrected chi connectivity index (χ4v) is 4.49. The minimum absolute atomic E-state index is 0.0289. The Labute approximate surface area is 216 Å². The number of hydrogen-bond donors (Lipinski definition) is 1. The maximum Gasteiger partial charge on any atom is 0.410 e. The van der Waals surface area contributed by atoms with Gasteiger partial charge in [0.25, 0.3) is 0 Å². The predicted molar refractivity (Wildman–Crippen MR) is 143 cm³/mol. The zero-order valence-corrected chi connectivity index (χ0v) is 21.6. The molecule has 5 rings (SSSR count). The number of H-pyrrole nitrogens is 1. The fraction of sp³-hybridized carbons (Fsp3) is 0.357. The van der Waals surface area contributed by atoms with Crippen LogP contribution in [-0.4, -0.2) is 62.4 Å². The van der Waals surface area contributed by atoms with Crippen LogP contribution in [0.15, 0.2) is 60.9 Å². The number of hydrogen-bond acceptors (Lipinski definition) is 7. The van der Waals surface area contributed by atoms with Crippen molar-refractivity contribution in [1.82, 2.24) is 25.1 Å². The van der Waals surface area contributed by atoms with Crippen LogP contribution in [0.1, 0.15) is 33.3 Å². The molecule has 1 amide bonds. The molecule has 2 aromatic carbocycles. The molecule has 9 nitrogen and oxygen atoms in total. The van der Waals surface area contributed by atoms with Crippen molar-refractivity contribution >= 4 is 22.8 Å². The minimum atomic E-state index is -0.299. The molecule has 0 spiro atoms. The summed E-state index contributed by atoms with van der Waals surface area (Å²) < 4.78 is 11.6. The number of carbonyl (C=O) groups excluding carboxylic acids is 1. The second-order valence-corrected chi connectivity index (χ2v) is 10.3. The summed E-state index contributed by atoms with van der Waals surface area (Å²) in [6.07, 6.45) is 1.27. The number of benzene rings is 2. The number of amides is 1. The lowest BCUT2D eigenvalue weighted by Gasteiger charge is -2.39. The summed E-state index contributed by atoms with van der Waals surface area (Å²) in [5.41, 5.74) is 3.05. The van der Waals surface area contributed by atoms with Crippen LogP contribution in [0.4, 0.5) is 10.6 Å². The van der Waals surface area contributed by atoms with Crippen molar-refractivity contribution < 1.29 is 14.3 Å². The number of ether oxygens (including phenoxy) is 2. The average molecular weight is 501 g/mol. The predicted octanol–water partition coefficient (Wildman–Crippen LogP) is 5.04. The third-order valence-electron chi connectivity index (χ3n) is 6.24. The molecule has 0 aliphatic carbocycles. The van der Waals surface area contributed by atoms with Gasteiger partial charge in [0.2, 0.25) is 0 Å². The first-order chi connectivity index (χ1) is 17.8. The van der Waals surface area contributed by atoms with Crippen molar-refractivity contribution in [1.29, 1.82) is 0 Å². The lowest BCUT2D eigenvalue weighted by Crippen LogP contribution is -2.54. The Morgan fingerprint density at radius 3 is 2.65 bits per heavy atom. The van der Waals surface area contributed by atoms with Crippen LogP contribution in [0.2, 0.25) is 0 Å². The van der Waals surface area contributed by atoms with Crippen molar-refractivity contribution in [3.05, 3.63) is 66.5 Å². The molecule has 1 fully saturated rings. The highest BCUT2D eigenvalue weighted by Crippen LogP contribution is 2.31. The van der Waals surface area contributed by atoms with Crippen molar-refractivity contribution in [2.75, 3.05) is 24.5 Å². The Balaban J connectivity index is 1.29. The van der Waals surface area contributed by atoms with E-state index in [-0.39, 0.29) is 24.3 Å². The molecule has 2 aromatic heterocycles. The van der Waals surface area contributed by atoms with Crippen LogP contribution in [0.5, 0.6) is 5.75 Å². The van der Waals surface area contributed by atoms with Crippen LogP contribution >= 0.6 is 0 Å². The molecule has 37 heavy (non-hydrogen) atoms. The minimum Gasteiger partial charge on any atom is -0.488 e. The SMILES string of the molecule is C[C@H]1CN(c2cc(-c3n[nH]c4ccc(OC(C)(C)C)cc34)ncn2)CCN1C(=O)OCc1ccccc1. The van der Waals surface area contributed by atoms with Gasteiger partial charge in [0.15, 0.2) is 0 Å². The highest BCUT2D eigenvalue weighted by molar-refractivity contribution is 5.93. The van der Waals surface area contributed by atoms with Gasteiger partial charge in [-0.1, -0.05) is 30.3 Å². The maximum absolute atomic E-state index is 12.7. The molecule has 1 saturated heterocycles. The summed E-state index contributed by atoms with van der Waals surface area (Å²) in [5.74, 6) is 1.58. The third-order valence-corrected chi connectivity index (χ3v) is 6.24. The summed E-state index contributed by atoms with van der Waals surface area (Å²) in [6.45, 7) is 10.2. The van der Waals surface area contributed by atoms with Gasteiger partial charge in [-0.3, -0.25) is 5.10 Å². The smallest absolute Gasteiger partial charge is 0.410 e. The number of nitrogens with one attached hydrogen (secondary N) is 1. The first-order valence-corrected chi connectivity index (χ1v) is 12.5. The standard InChI is InChI=1S/C28H32N6O3/c1-19-16-33(12-13-34(19)27(35)36-17-20-8-6-5-7-9-20)25-15-24(29-18-30-25)26-22-14-21(37-28(2,3)4)10-11-23(22)31-32-26/h5-11,14-15,18-19H,12-13,16-17H2,1-4H3,(H,31,32)/t19-/m0/s1. The molecule has 0 saturated carbocycles. The van der Waals surface area contributed by atoms with Gasteiger partial charge in [-0.25, -0.2) is 14.8 Å². The number of nitrogens with zero attached hydrogens (tertiary/aromatic N) is 5. The Kier molecular flexibility index (Phi) is 6.69. The van der Waals surface area contributed by atoms with Crippen molar-refractivity contribution in [2.45, 2.75) is 45.9 Å². The summed E-state index contributed by atoms with van der Waals surface area (Å²) in [6, 6.07) is 17.5. The molecule has 3 heterocycles. The Bertz CT molecular complexity index is 1380. The van der Waals surface area contributed by atoms with Crippen LogP contribution in [0, 0.1) is 0 Å². The number of rotatable bonds is 5. The Morgan fingerprint density at radius 1 is 1.08 bits per heavy atom. The van der Waals surface area contributed by atoms with Crippen LogP contribution < -0.4 is 9.64 Å². The lowest BCUT2D eigenvalue weighted by molar-refractivity contribution is 0.0794. The number of anilines is 1. The van der Waals surface area contributed by atoms with Crippen molar-refractivity contribution in [2.24, 2.45) is 0 Å². The van der Waals surface area contributed by atoms with E-state index in [9.17, 15) is 4.79 Å². The van der Waals surface area contributed by atoms with E-state index >= 15 is 0 Å². The molecular formula is C28H32N6O3. The average Bonchev–Trinajstić information content (AvgIpc) is 3.30. The highest BCUT2D eigenvalue weighted by Gasteiger charge is 2.29. The van der Waals surface area contributed by atoms with Gasteiger partial charge in [-0.2, -0.15) is 5.10 Å². The van der Waals surface area contributed by atoms with E-state index in [0.29, 0.717) is 19.6 Å². The number of carbonyl (C=O) groups is 1. The fourth-order valence-electron chi connectivity index (χ4n) is 4.49. The second-order valence-electron chi connectivity index (χ2n) is 10.3. The normalized spacial score (nSPS) is 16.2. The first kappa shape index (κ1) is 24.5. The molecular weight excluding hydrogens is 468 g/mol. The van der Waals surface area contributed by atoms with E-state index in [0.717, 1.165) is 39.4 Å². The van der Waals surface area contributed by atoms with Gasteiger partial charge in [-0.05, 0) is 51.5 Å². The molecule has 1 N–H and O–H groups in total. The van der Waals surface area contributed by atoms with Gasteiger partial charge < -0.3 is 19.3 Å². The quantitative estimate of drug-likeness (QED) is 0.410. The van der Waals surface area contributed by atoms with E-state index in [1.54, 1.807) is 11.2 Å². The second kappa shape index (κ2) is 10.1. The lowest BCUT2D eigenvalue weighted by atomic mass is 10.1. The van der Waals surface area contributed by atoms with E-state index in [1.807, 2.05) is 82.3 Å². The first-order valence-electron chi connectivity index (χ1n) is 12.5. The van der Waals surface area contributed by atoms with Crippen LogP contribution in [0.25, 0.3) is 22.3 Å². The van der Waals surface area contributed by atoms with Gasteiger partial charge >= 0.3 is 6.09 Å². The summed E-state index contributed by atoms with van der Waals surface area (Å²) in [4.78, 5) is 25.7. The molecule has 4 aromatic rings. The van der Waals surface area contributed by atoms with E-state index in [2.05, 4.69) is 25.1 Å². The Hall–Kier alpha value is -4.14. The number of piperazine rings is 1. The molecule has 0 bridgehead atoms. The van der Waals surface area contributed by atoms with E-state index in [1.165, 1.54) is 0 Å². The number of aromatic amines is 1. The molecule has 192 valence electrons. The molecule has 1 aliphatic rings. The van der Waals surface area contributed by atoms with Gasteiger partial charge in [0, 0.05) is 37.1 Å². The summed E-state index contributed by atoms with van der Waals surface area (Å²) in [7, 11) is 0. The van der Waals surface area contributed by atoms with Crippen LogP contribution in [0.3, 0.4) is 0 Å². The van der Waals surface area contributed by atoms with Crippen molar-refractivity contribution in [3.8, 4) is 17.1 Å². The van der Waals surface area contributed by atoms with Gasteiger partial charge in [0.05, 0.1) is 11.2 Å². The number of fused-ring (bicyclic) bond motifs is 1. The third kappa shape index (κ3) is 5.66. The monoisotopic (exact) mass is 500 g/mol. The zero-order chi connectivity index (χ0) is 26.0. The highest BCUT2D eigenvalue weighted by atomic mass is 16.6. The summed E-state index contributed by atoms with van der Waals surface area (Å²) in [5, 5.41) is 8.55. The zero-order valence-electron chi connectivity index (χ0n) is 21.6. The molecule has 0 unspecified atom stereocenters. The Morgan fingerprint density at radius 2 is 1.89 bits per heavy atom. The molecule has 1 atom stereocenters. The maximum atomic E-state index is 12.7. The van der Waals surface area contributed by atoms with Crippen molar-refractivity contribution in [3.63, 3.8) is 0 Å². The largest absolute Gasteiger partial charge is 0.488 e.